The fraction of sp³-hybridized carbons (Fsp3) is 0.154. The van der Waals surface area contributed by atoms with Gasteiger partial charge in [0.05, 0.1) is 11.2 Å². The Balaban J connectivity index is 2.30. The Kier molecular flexibility index (Phi) is 4.66. The molecule has 19 heavy (non-hydrogen) atoms. The molecule has 100 valence electrons. The van der Waals surface area contributed by atoms with Gasteiger partial charge in [0.2, 0.25) is 0 Å². The first-order valence-corrected chi connectivity index (χ1v) is 6.94. The van der Waals surface area contributed by atoms with Crippen molar-refractivity contribution in [2.75, 3.05) is 0 Å². The zero-order valence-electron chi connectivity index (χ0n) is 9.83. The minimum Gasteiger partial charge on any atom is -0.484 e. The Hall–Kier alpha value is -0.840. The molecular weight excluding hydrogens is 356 g/mol. The molecule has 1 atom stereocenters. The van der Waals surface area contributed by atoms with Crippen LogP contribution >= 0.6 is 39.1 Å². The van der Waals surface area contributed by atoms with E-state index in [2.05, 4.69) is 20.9 Å². The molecule has 6 heteroatoms. The lowest BCUT2D eigenvalue weighted by molar-refractivity contribution is 0.225. The molecule has 0 aliphatic carbocycles. The van der Waals surface area contributed by atoms with Gasteiger partial charge in [-0.2, -0.15) is 0 Å². The molecule has 0 aliphatic rings. The molecule has 0 amide bonds. The Labute approximate surface area is 128 Å². The van der Waals surface area contributed by atoms with Gasteiger partial charge in [0.25, 0.3) is 0 Å². The summed E-state index contributed by atoms with van der Waals surface area (Å²) in [6.07, 6.45) is 2.70. The van der Waals surface area contributed by atoms with Crippen molar-refractivity contribution in [3.63, 3.8) is 0 Å². The van der Waals surface area contributed by atoms with E-state index < -0.39 is 11.9 Å². The van der Waals surface area contributed by atoms with Crippen molar-refractivity contribution in [2.24, 2.45) is 0 Å². The highest BCUT2D eigenvalue weighted by atomic mass is 79.9. The molecule has 0 aliphatic heterocycles. The van der Waals surface area contributed by atoms with Gasteiger partial charge >= 0.3 is 0 Å². The van der Waals surface area contributed by atoms with E-state index >= 15 is 0 Å². The third kappa shape index (κ3) is 3.38. The Morgan fingerprint density at radius 3 is 2.74 bits per heavy atom. The van der Waals surface area contributed by atoms with Crippen LogP contribution in [0.1, 0.15) is 18.6 Å². The minimum absolute atomic E-state index is 0.0250. The SMILES string of the molecule is C[C@@H](Oc1cncc(Br)c1)c1c(Cl)ccc(F)c1Cl. The van der Waals surface area contributed by atoms with Crippen LogP contribution < -0.4 is 4.74 Å². The number of rotatable bonds is 3. The molecule has 1 aromatic heterocycles. The first kappa shape index (κ1) is 14.6. The molecule has 1 heterocycles. The quantitative estimate of drug-likeness (QED) is 0.677. The normalized spacial score (nSPS) is 12.3. The van der Waals surface area contributed by atoms with Crippen molar-refractivity contribution in [3.05, 3.63) is 56.5 Å². The first-order chi connectivity index (χ1) is 8.99. The highest BCUT2D eigenvalue weighted by Gasteiger charge is 2.18. The second-order valence-corrected chi connectivity index (χ2v) is 5.56. The summed E-state index contributed by atoms with van der Waals surface area (Å²) in [6.45, 7) is 1.74. The van der Waals surface area contributed by atoms with Crippen molar-refractivity contribution in [2.45, 2.75) is 13.0 Å². The van der Waals surface area contributed by atoms with Gasteiger partial charge in [-0.05, 0) is 41.1 Å². The predicted molar refractivity (Wildman–Crippen MR) is 77.4 cm³/mol. The van der Waals surface area contributed by atoms with E-state index in [4.69, 9.17) is 27.9 Å². The smallest absolute Gasteiger partial charge is 0.142 e. The van der Waals surface area contributed by atoms with E-state index in [9.17, 15) is 4.39 Å². The van der Waals surface area contributed by atoms with Gasteiger partial charge < -0.3 is 4.74 Å². The fourth-order valence-corrected chi connectivity index (χ4v) is 2.66. The maximum absolute atomic E-state index is 13.5. The highest BCUT2D eigenvalue weighted by molar-refractivity contribution is 9.10. The summed E-state index contributed by atoms with van der Waals surface area (Å²) < 4.78 is 19.9. The van der Waals surface area contributed by atoms with Crippen LogP contribution in [0, 0.1) is 5.82 Å². The van der Waals surface area contributed by atoms with Crippen LogP contribution in [0.3, 0.4) is 0 Å². The molecule has 0 saturated carbocycles. The predicted octanol–water partition coefficient (Wildman–Crippen LogP) is 5.43. The molecule has 0 radical (unpaired) electrons. The number of pyridine rings is 1. The monoisotopic (exact) mass is 363 g/mol. The summed E-state index contributed by atoms with van der Waals surface area (Å²) in [4.78, 5) is 3.98. The van der Waals surface area contributed by atoms with Crippen LogP contribution in [-0.4, -0.2) is 4.98 Å². The number of halogens is 4. The van der Waals surface area contributed by atoms with Crippen LogP contribution in [0.5, 0.6) is 5.75 Å². The van der Waals surface area contributed by atoms with Crippen molar-refractivity contribution in [1.29, 1.82) is 0 Å². The Morgan fingerprint density at radius 2 is 2.05 bits per heavy atom. The van der Waals surface area contributed by atoms with Gasteiger partial charge in [-0.1, -0.05) is 23.2 Å². The molecule has 0 unspecified atom stereocenters. The van der Waals surface area contributed by atoms with E-state index in [0.29, 0.717) is 16.3 Å². The lowest BCUT2D eigenvalue weighted by Gasteiger charge is -2.17. The standard InChI is InChI=1S/C13H9BrCl2FNO/c1-7(19-9-4-8(14)5-18-6-9)12-10(15)2-3-11(17)13(12)16/h2-7H,1H3/t7-/m1/s1. The average molecular weight is 365 g/mol. The van der Waals surface area contributed by atoms with E-state index in [1.807, 2.05) is 0 Å². The Morgan fingerprint density at radius 1 is 1.32 bits per heavy atom. The summed E-state index contributed by atoms with van der Waals surface area (Å²) in [6, 6.07) is 4.43. The molecule has 2 rings (SSSR count). The van der Waals surface area contributed by atoms with Gasteiger partial charge in [0.1, 0.15) is 17.7 Å². The average Bonchev–Trinajstić information content (AvgIpc) is 2.34. The Bertz CT molecular complexity index is 609. The van der Waals surface area contributed by atoms with E-state index in [0.717, 1.165) is 4.47 Å². The van der Waals surface area contributed by atoms with Crippen LogP contribution in [0.4, 0.5) is 4.39 Å². The van der Waals surface area contributed by atoms with E-state index in [1.165, 1.54) is 12.1 Å². The second-order valence-electron chi connectivity index (χ2n) is 3.86. The van der Waals surface area contributed by atoms with Gasteiger partial charge in [-0.25, -0.2) is 4.39 Å². The summed E-state index contributed by atoms with van der Waals surface area (Å²) in [5, 5.41) is 0.338. The van der Waals surface area contributed by atoms with Crippen LogP contribution in [0.25, 0.3) is 0 Å². The lowest BCUT2D eigenvalue weighted by Crippen LogP contribution is -2.06. The largest absolute Gasteiger partial charge is 0.484 e. The highest BCUT2D eigenvalue weighted by Crippen LogP contribution is 2.34. The van der Waals surface area contributed by atoms with Crippen LogP contribution in [-0.2, 0) is 0 Å². The van der Waals surface area contributed by atoms with E-state index in [-0.39, 0.29) is 5.02 Å². The molecule has 0 N–H and O–H groups in total. The van der Waals surface area contributed by atoms with Gasteiger partial charge in [-0.15, -0.1) is 0 Å². The number of benzene rings is 1. The molecule has 0 saturated heterocycles. The molecule has 1 aromatic carbocycles. The lowest BCUT2D eigenvalue weighted by atomic mass is 10.1. The summed E-state index contributed by atoms with van der Waals surface area (Å²) >= 11 is 15.3. The third-order valence-corrected chi connectivity index (χ3v) is 3.63. The summed E-state index contributed by atoms with van der Waals surface area (Å²) in [5.41, 5.74) is 0.420. The molecule has 2 aromatic rings. The zero-order chi connectivity index (χ0) is 14.0. The van der Waals surface area contributed by atoms with Crippen molar-refractivity contribution >= 4 is 39.1 Å². The molecule has 0 fully saturated rings. The number of hydrogen-bond acceptors (Lipinski definition) is 2. The summed E-state index contributed by atoms with van der Waals surface area (Å²) in [7, 11) is 0. The number of nitrogens with zero attached hydrogens (tertiary/aromatic N) is 1. The first-order valence-electron chi connectivity index (χ1n) is 5.39. The second kappa shape index (κ2) is 6.07. The maximum Gasteiger partial charge on any atom is 0.142 e. The van der Waals surface area contributed by atoms with Crippen molar-refractivity contribution in [1.82, 2.24) is 4.98 Å². The minimum atomic E-state index is -0.524. The number of hydrogen-bond donors (Lipinski definition) is 0. The zero-order valence-corrected chi connectivity index (χ0v) is 12.9. The van der Waals surface area contributed by atoms with Gasteiger partial charge in [-0.3, -0.25) is 4.98 Å². The van der Waals surface area contributed by atoms with E-state index in [1.54, 1.807) is 25.4 Å². The van der Waals surface area contributed by atoms with Gasteiger partial charge in [0, 0.05) is 21.3 Å². The van der Waals surface area contributed by atoms with Crippen LogP contribution in [0.15, 0.2) is 35.1 Å². The molecule has 0 spiro atoms. The topological polar surface area (TPSA) is 22.1 Å². The van der Waals surface area contributed by atoms with Crippen molar-refractivity contribution in [3.8, 4) is 5.75 Å². The van der Waals surface area contributed by atoms with Crippen molar-refractivity contribution < 1.29 is 9.13 Å². The fourth-order valence-electron chi connectivity index (χ4n) is 1.64. The van der Waals surface area contributed by atoms with Crippen LogP contribution in [0.2, 0.25) is 10.0 Å². The summed E-state index contributed by atoms with van der Waals surface area (Å²) in [5.74, 6) is 0.0159. The maximum atomic E-state index is 13.5. The molecular formula is C13H9BrCl2FNO. The van der Waals surface area contributed by atoms with Gasteiger partial charge in [0.15, 0.2) is 0 Å². The number of aromatic nitrogens is 1. The molecule has 2 nitrogen and oxygen atoms in total. The molecule has 0 bridgehead atoms. The third-order valence-electron chi connectivity index (χ3n) is 2.48. The number of ether oxygens (including phenoxy) is 1.